The van der Waals surface area contributed by atoms with E-state index >= 15 is 0 Å². The lowest BCUT2D eigenvalue weighted by Gasteiger charge is -2.03. The predicted molar refractivity (Wildman–Crippen MR) is 51.7 cm³/mol. The first-order valence-electron chi connectivity index (χ1n) is 2.95. The molecule has 1 aromatic carbocycles. The van der Waals surface area contributed by atoms with Gasteiger partial charge in [0.05, 0.1) is 11.3 Å². The van der Waals surface area contributed by atoms with Gasteiger partial charge in [0.25, 0.3) is 0 Å². The van der Waals surface area contributed by atoms with E-state index in [4.69, 9.17) is 11.1 Å². The molecule has 0 aromatic heterocycles. The molecule has 3 N–H and O–H groups in total. The molecule has 0 fully saturated rings. The largest absolute Gasteiger partial charge is 0.322 e. The predicted octanol–water partition coefficient (Wildman–Crippen LogP) is 1.45. The summed E-state index contributed by atoms with van der Waals surface area (Å²) in [5.41, 5.74) is 3.74. The van der Waals surface area contributed by atoms with Gasteiger partial charge in [0.1, 0.15) is 6.07 Å². The van der Waals surface area contributed by atoms with Crippen molar-refractivity contribution in [2.45, 2.75) is 0 Å². The average Bonchev–Trinajstić information content (AvgIpc) is 2.04. The molecule has 0 radical (unpaired) electrons. The number of benzene rings is 1. The molecule has 0 unspecified atom stereocenters. The molecule has 0 bridgehead atoms. The van der Waals surface area contributed by atoms with Crippen molar-refractivity contribution in [3.8, 4) is 6.07 Å². The Morgan fingerprint density at radius 3 is 2.73 bits per heavy atom. The van der Waals surface area contributed by atoms with Crippen molar-refractivity contribution in [3.05, 3.63) is 27.3 Å². The van der Waals surface area contributed by atoms with Crippen LogP contribution in [0.2, 0.25) is 0 Å². The van der Waals surface area contributed by atoms with Gasteiger partial charge >= 0.3 is 0 Å². The molecule has 1 rings (SSSR count). The summed E-state index contributed by atoms with van der Waals surface area (Å²) < 4.78 is 0.948. The molecular weight excluding hydrogens is 253 g/mol. The van der Waals surface area contributed by atoms with Crippen molar-refractivity contribution in [1.82, 2.24) is 0 Å². The summed E-state index contributed by atoms with van der Waals surface area (Å²) in [6.45, 7) is 0. The summed E-state index contributed by atoms with van der Waals surface area (Å²) in [6, 6.07) is 7.47. The van der Waals surface area contributed by atoms with Crippen molar-refractivity contribution in [3.63, 3.8) is 0 Å². The number of hydrogen-bond donors (Lipinski definition) is 2. The molecule has 0 heterocycles. The van der Waals surface area contributed by atoms with Crippen molar-refractivity contribution in [2.24, 2.45) is 5.84 Å². The second-order valence-electron chi connectivity index (χ2n) is 1.92. The standard InChI is InChI=1S/C7H6IN3/c8-6-3-1-2-5(4-9)7(6)11-10/h1-3,11H,10H2. The molecule has 11 heavy (non-hydrogen) atoms. The monoisotopic (exact) mass is 259 g/mol. The van der Waals surface area contributed by atoms with Crippen LogP contribution in [0.1, 0.15) is 5.56 Å². The summed E-state index contributed by atoms with van der Waals surface area (Å²) in [5, 5.41) is 8.63. The van der Waals surface area contributed by atoms with E-state index in [9.17, 15) is 0 Å². The average molecular weight is 259 g/mol. The first-order valence-corrected chi connectivity index (χ1v) is 4.02. The Morgan fingerprint density at radius 2 is 2.27 bits per heavy atom. The molecule has 0 saturated carbocycles. The summed E-state index contributed by atoms with van der Waals surface area (Å²) in [5.74, 6) is 5.22. The summed E-state index contributed by atoms with van der Waals surface area (Å²) >= 11 is 2.12. The topological polar surface area (TPSA) is 61.8 Å². The van der Waals surface area contributed by atoms with Crippen LogP contribution in [0.15, 0.2) is 18.2 Å². The second kappa shape index (κ2) is 3.55. The molecule has 0 aliphatic heterocycles. The highest BCUT2D eigenvalue weighted by molar-refractivity contribution is 14.1. The Kier molecular flexibility index (Phi) is 2.68. The molecule has 0 aliphatic rings. The second-order valence-corrected chi connectivity index (χ2v) is 3.08. The fraction of sp³-hybridized carbons (Fsp3) is 0. The Morgan fingerprint density at radius 1 is 1.55 bits per heavy atom. The van der Waals surface area contributed by atoms with Gasteiger partial charge in [-0.05, 0) is 34.7 Å². The lowest BCUT2D eigenvalue weighted by atomic mass is 10.2. The first-order chi connectivity index (χ1) is 5.29. The van der Waals surface area contributed by atoms with Gasteiger partial charge in [0, 0.05) is 3.57 Å². The van der Waals surface area contributed by atoms with E-state index in [1.54, 1.807) is 6.07 Å². The zero-order valence-corrected chi connectivity index (χ0v) is 7.79. The van der Waals surface area contributed by atoms with E-state index in [0.29, 0.717) is 11.3 Å². The minimum Gasteiger partial charge on any atom is -0.322 e. The van der Waals surface area contributed by atoms with Crippen molar-refractivity contribution >= 4 is 28.3 Å². The third kappa shape index (κ3) is 1.61. The van der Waals surface area contributed by atoms with Crippen LogP contribution in [0.3, 0.4) is 0 Å². The normalized spacial score (nSPS) is 8.82. The number of para-hydroxylation sites is 1. The summed E-state index contributed by atoms with van der Waals surface area (Å²) in [7, 11) is 0. The molecule has 4 heteroatoms. The van der Waals surface area contributed by atoms with E-state index in [1.807, 2.05) is 18.2 Å². The van der Waals surface area contributed by atoms with Crippen molar-refractivity contribution in [2.75, 3.05) is 5.43 Å². The molecule has 0 spiro atoms. The Hall–Kier alpha value is -0.800. The van der Waals surface area contributed by atoms with Crippen molar-refractivity contribution < 1.29 is 0 Å². The third-order valence-corrected chi connectivity index (χ3v) is 2.18. The van der Waals surface area contributed by atoms with Gasteiger partial charge in [0.15, 0.2) is 0 Å². The maximum Gasteiger partial charge on any atom is 0.101 e. The molecule has 56 valence electrons. The van der Waals surface area contributed by atoms with Crippen LogP contribution < -0.4 is 11.3 Å². The molecular formula is C7H6IN3. The number of nitrogens with one attached hydrogen (secondary N) is 1. The van der Waals surface area contributed by atoms with Crippen LogP contribution in [-0.2, 0) is 0 Å². The van der Waals surface area contributed by atoms with E-state index < -0.39 is 0 Å². The van der Waals surface area contributed by atoms with Crippen LogP contribution in [0.4, 0.5) is 5.69 Å². The number of rotatable bonds is 1. The molecule has 0 atom stereocenters. The summed E-state index contributed by atoms with van der Waals surface area (Å²) in [4.78, 5) is 0. The van der Waals surface area contributed by atoms with E-state index in [1.165, 1.54) is 0 Å². The maximum absolute atomic E-state index is 8.63. The van der Waals surface area contributed by atoms with Crippen LogP contribution in [0, 0.1) is 14.9 Å². The number of nitrogens with two attached hydrogens (primary N) is 1. The van der Waals surface area contributed by atoms with Crippen LogP contribution in [-0.4, -0.2) is 0 Å². The zero-order valence-electron chi connectivity index (χ0n) is 5.63. The Bertz CT molecular complexity index is 303. The summed E-state index contributed by atoms with van der Waals surface area (Å²) in [6.07, 6.45) is 0. The zero-order chi connectivity index (χ0) is 8.27. The quantitative estimate of drug-likeness (QED) is 0.456. The third-order valence-electron chi connectivity index (χ3n) is 1.28. The van der Waals surface area contributed by atoms with Gasteiger partial charge in [-0.3, -0.25) is 5.84 Å². The fourth-order valence-electron chi connectivity index (χ4n) is 0.764. The van der Waals surface area contributed by atoms with E-state index in [2.05, 4.69) is 28.0 Å². The molecule has 0 saturated heterocycles. The number of hydrogen-bond acceptors (Lipinski definition) is 3. The van der Waals surface area contributed by atoms with E-state index in [-0.39, 0.29) is 0 Å². The number of nitriles is 1. The molecule has 0 amide bonds. The van der Waals surface area contributed by atoms with Crippen LogP contribution in [0.25, 0.3) is 0 Å². The molecule has 1 aromatic rings. The smallest absolute Gasteiger partial charge is 0.101 e. The number of nitrogens with zero attached hydrogens (tertiary/aromatic N) is 1. The highest BCUT2D eigenvalue weighted by Crippen LogP contribution is 2.20. The highest BCUT2D eigenvalue weighted by atomic mass is 127. The Labute approximate surface area is 78.3 Å². The number of anilines is 1. The van der Waals surface area contributed by atoms with Gasteiger partial charge in [0.2, 0.25) is 0 Å². The number of nitrogen functional groups attached to an aromatic ring is 1. The van der Waals surface area contributed by atoms with Gasteiger partial charge in [-0.25, -0.2) is 0 Å². The SMILES string of the molecule is N#Cc1cccc(I)c1NN. The lowest BCUT2D eigenvalue weighted by Crippen LogP contribution is -2.09. The van der Waals surface area contributed by atoms with Gasteiger partial charge in [-0.15, -0.1) is 0 Å². The first kappa shape index (κ1) is 8.30. The molecule has 3 nitrogen and oxygen atoms in total. The Balaban J connectivity index is 3.27. The van der Waals surface area contributed by atoms with Gasteiger partial charge < -0.3 is 5.43 Å². The minimum absolute atomic E-state index is 0.569. The van der Waals surface area contributed by atoms with Crippen LogP contribution in [0.5, 0.6) is 0 Å². The van der Waals surface area contributed by atoms with Crippen molar-refractivity contribution in [1.29, 1.82) is 5.26 Å². The van der Waals surface area contributed by atoms with Gasteiger partial charge in [-0.2, -0.15) is 5.26 Å². The molecule has 0 aliphatic carbocycles. The lowest BCUT2D eigenvalue weighted by molar-refractivity contribution is 1.32. The fourth-order valence-corrected chi connectivity index (χ4v) is 1.42. The van der Waals surface area contributed by atoms with Gasteiger partial charge in [-0.1, -0.05) is 6.07 Å². The minimum atomic E-state index is 0.569. The number of halogens is 1. The maximum atomic E-state index is 8.63. The van der Waals surface area contributed by atoms with E-state index in [0.717, 1.165) is 3.57 Å². The van der Waals surface area contributed by atoms with Crippen LogP contribution >= 0.6 is 22.6 Å². The number of hydrazine groups is 1. The highest BCUT2D eigenvalue weighted by Gasteiger charge is 2.02.